The number of aliphatic hydroxyl groups excluding tert-OH is 4. The third-order valence-electron chi connectivity index (χ3n) is 13.2. The van der Waals surface area contributed by atoms with Crippen LogP contribution in [0.5, 0.6) is 0 Å². The molecule has 6 unspecified atom stereocenters. The first-order valence-electron chi connectivity index (χ1n) is 27.8. The monoisotopic (exact) mass is 925 g/mol. The molecule has 0 saturated carbocycles. The zero-order chi connectivity index (χ0) is 47.3. The van der Waals surface area contributed by atoms with Gasteiger partial charge in [0.15, 0.2) is 12.4 Å². The molecule has 4 N–H and O–H groups in total. The minimum Gasteiger partial charge on any atom is -0.462 e. The molecule has 0 aliphatic carbocycles. The largest absolute Gasteiger partial charge is 0.462 e. The lowest BCUT2D eigenvalue weighted by atomic mass is 9.99. The molecule has 0 aromatic rings. The SMILES string of the molecule is CCCCCCCC/C=C\CCCCCCCCCC(=O)OC(COC(=O)CCCCCCCCCCCCCCCCCCCCCCCCC)COC1OC(CO)C(O)C(O)C1O. The average molecular weight is 925 g/mol. The van der Waals surface area contributed by atoms with Gasteiger partial charge in [0.25, 0.3) is 0 Å². The number of hydrogen-bond acceptors (Lipinski definition) is 10. The van der Waals surface area contributed by atoms with Crippen LogP contribution >= 0.6 is 0 Å². The fourth-order valence-electron chi connectivity index (χ4n) is 8.77. The van der Waals surface area contributed by atoms with Crippen LogP contribution in [0.15, 0.2) is 12.2 Å². The van der Waals surface area contributed by atoms with E-state index in [-0.39, 0.29) is 32.0 Å². The molecule has 0 amide bonds. The summed E-state index contributed by atoms with van der Waals surface area (Å²) in [6.45, 7) is 3.47. The fraction of sp³-hybridized carbons (Fsp3) is 0.927. The highest BCUT2D eigenvalue weighted by Crippen LogP contribution is 2.23. The summed E-state index contributed by atoms with van der Waals surface area (Å²) < 4.78 is 22.3. The van der Waals surface area contributed by atoms with Crippen molar-refractivity contribution >= 4 is 11.9 Å². The van der Waals surface area contributed by atoms with Crippen LogP contribution in [0.2, 0.25) is 0 Å². The van der Waals surface area contributed by atoms with E-state index < -0.39 is 49.4 Å². The molecule has 0 spiro atoms. The summed E-state index contributed by atoms with van der Waals surface area (Å²) in [5.41, 5.74) is 0. The lowest BCUT2D eigenvalue weighted by Crippen LogP contribution is -2.59. The van der Waals surface area contributed by atoms with E-state index in [0.29, 0.717) is 6.42 Å². The average Bonchev–Trinajstić information content (AvgIpc) is 3.30. The summed E-state index contributed by atoms with van der Waals surface area (Å²) in [6, 6.07) is 0. The number of ether oxygens (including phenoxy) is 4. The minimum atomic E-state index is -1.59. The summed E-state index contributed by atoms with van der Waals surface area (Å²) in [5, 5.41) is 40.2. The van der Waals surface area contributed by atoms with Crippen molar-refractivity contribution in [2.75, 3.05) is 19.8 Å². The Morgan fingerprint density at radius 1 is 0.462 bits per heavy atom. The second-order valence-electron chi connectivity index (χ2n) is 19.4. The maximum Gasteiger partial charge on any atom is 0.306 e. The van der Waals surface area contributed by atoms with E-state index in [1.807, 2.05) is 0 Å². The third kappa shape index (κ3) is 37.1. The van der Waals surface area contributed by atoms with Crippen LogP contribution in [0, 0.1) is 0 Å². The van der Waals surface area contributed by atoms with Crippen LogP contribution in [0.3, 0.4) is 0 Å². The number of hydrogen-bond donors (Lipinski definition) is 4. The highest BCUT2D eigenvalue weighted by molar-refractivity contribution is 5.70. The Labute approximate surface area is 399 Å². The van der Waals surface area contributed by atoms with Crippen LogP contribution in [0.1, 0.15) is 271 Å². The number of carbonyl (C=O) groups excluding carboxylic acids is 2. The molecule has 1 rings (SSSR count). The number of aliphatic hydroxyl groups is 4. The van der Waals surface area contributed by atoms with E-state index in [2.05, 4.69) is 26.0 Å². The maximum atomic E-state index is 12.8. The van der Waals surface area contributed by atoms with Crippen LogP contribution in [-0.4, -0.2) is 89.0 Å². The van der Waals surface area contributed by atoms with E-state index in [9.17, 15) is 30.0 Å². The Morgan fingerprint density at radius 3 is 1.20 bits per heavy atom. The zero-order valence-electron chi connectivity index (χ0n) is 42.3. The molecule has 1 aliphatic heterocycles. The van der Waals surface area contributed by atoms with Crippen molar-refractivity contribution in [3.63, 3.8) is 0 Å². The van der Waals surface area contributed by atoms with Gasteiger partial charge in [0.05, 0.1) is 13.2 Å². The molecule has 0 aromatic carbocycles. The summed E-state index contributed by atoms with van der Waals surface area (Å²) in [7, 11) is 0. The highest BCUT2D eigenvalue weighted by Gasteiger charge is 2.44. The van der Waals surface area contributed by atoms with Crippen LogP contribution in [0.25, 0.3) is 0 Å². The van der Waals surface area contributed by atoms with Gasteiger partial charge in [-0.05, 0) is 38.5 Å². The number of esters is 2. The zero-order valence-corrected chi connectivity index (χ0v) is 42.3. The van der Waals surface area contributed by atoms with Gasteiger partial charge in [0.1, 0.15) is 31.0 Å². The lowest BCUT2D eigenvalue weighted by molar-refractivity contribution is -0.305. The summed E-state index contributed by atoms with van der Waals surface area (Å²) in [6.07, 6.45) is 45.1. The molecule has 0 radical (unpaired) electrons. The van der Waals surface area contributed by atoms with Crippen molar-refractivity contribution in [1.29, 1.82) is 0 Å². The summed E-state index contributed by atoms with van der Waals surface area (Å²) in [4.78, 5) is 25.5. The second kappa shape index (κ2) is 46.2. The first-order valence-corrected chi connectivity index (χ1v) is 27.8. The third-order valence-corrected chi connectivity index (χ3v) is 13.2. The molecule has 1 aliphatic rings. The molecule has 65 heavy (non-hydrogen) atoms. The van der Waals surface area contributed by atoms with E-state index in [0.717, 1.165) is 44.9 Å². The fourth-order valence-corrected chi connectivity index (χ4v) is 8.77. The molecular formula is C55H104O10. The Balaban J connectivity index is 2.20. The van der Waals surface area contributed by atoms with Gasteiger partial charge >= 0.3 is 11.9 Å². The van der Waals surface area contributed by atoms with Gasteiger partial charge < -0.3 is 39.4 Å². The van der Waals surface area contributed by atoms with Gasteiger partial charge in [0, 0.05) is 12.8 Å². The molecule has 1 saturated heterocycles. The second-order valence-corrected chi connectivity index (χ2v) is 19.4. The van der Waals surface area contributed by atoms with Crippen molar-refractivity contribution in [3.8, 4) is 0 Å². The standard InChI is InChI=1S/C55H104O10/c1-3-5-7-9-11-13-15-17-19-21-22-23-24-25-26-28-29-31-33-35-37-39-41-43-50(57)62-46-48(47-63-55-54(61)53(60)52(59)49(45-56)65-55)64-51(58)44-42-40-38-36-34-32-30-27-20-18-16-14-12-10-8-6-4-2/h18,20,48-49,52-56,59-61H,3-17,19,21-47H2,1-2H3/b20-18-. The topological polar surface area (TPSA) is 152 Å². The van der Waals surface area contributed by atoms with Gasteiger partial charge in [-0.2, -0.15) is 0 Å². The Kier molecular flexibility index (Phi) is 43.7. The summed E-state index contributed by atoms with van der Waals surface area (Å²) in [5.74, 6) is -0.794. The molecule has 384 valence electrons. The smallest absolute Gasteiger partial charge is 0.306 e. The minimum absolute atomic E-state index is 0.213. The molecule has 10 nitrogen and oxygen atoms in total. The van der Waals surface area contributed by atoms with Gasteiger partial charge in [-0.15, -0.1) is 0 Å². The van der Waals surface area contributed by atoms with Crippen molar-refractivity contribution in [3.05, 3.63) is 12.2 Å². The van der Waals surface area contributed by atoms with E-state index in [1.165, 1.54) is 193 Å². The molecule has 6 atom stereocenters. The first-order chi connectivity index (χ1) is 31.8. The molecule has 0 bridgehead atoms. The molecule has 1 heterocycles. The first kappa shape index (κ1) is 61.5. The van der Waals surface area contributed by atoms with Gasteiger partial charge in [-0.1, -0.05) is 231 Å². The van der Waals surface area contributed by atoms with Crippen molar-refractivity contribution in [1.82, 2.24) is 0 Å². The summed E-state index contributed by atoms with van der Waals surface area (Å²) >= 11 is 0. The number of carbonyl (C=O) groups is 2. The predicted octanol–water partition coefficient (Wildman–Crippen LogP) is 13.5. The van der Waals surface area contributed by atoms with Crippen molar-refractivity contribution in [2.24, 2.45) is 0 Å². The molecule has 1 fully saturated rings. The normalized spacial score (nSPS) is 19.3. The Hall–Kier alpha value is -1.56. The number of rotatable bonds is 48. The van der Waals surface area contributed by atoms with Crippen molar-refractivity contribution < 1.29 is 49.0 Å². The van der Waals surface area contributed by atoms with Gasteiger partial charge in [-0.25, -0.2) is 0 Å². The lowest BCUT2D eigenvalue weighted by Gasteiger charge is -2.39. The van der Waals surface area contributed by atoms with E-state index in [4.69, 9.17) is 18.9 Å². The van der Waals surface area contributed by atoms with Crippen LogP contribution in [0.4, 0.5) is 0 Å². The number of allylic oxidation sites excluding steroid dienone is 2. The van der Waals surface area contributed by atoms with Crippen LogP contribution < -0.4 is 0 Å². The molecular weight excluding hydrogens is 821 g/mol. The molecule has 0 aromatic heterocycles. The molecule has 10 heteroatoms. The highest BCUT2D eigenvalue weighted by atomic mass is 16.7. The quantitative estimate of drug-likeness (QED) is 0.0264. The number of unbranched alkanes of at least 4 members (excludes halogenated alkanes) is 35. The Bertz CT molecular complexity index is 1070. The Morgan fingerprint density at radius 2 is 0.815 bits per heavy atom. The maximum absolute atomic E-state index is 12.8. The van der Waals surface area contributed by atoms with Gasteiger partial charge in [-0.3, -0.25) is 9.59 Å². The van der Waals surface area contributed by atoms with Crippen molar-refractivity contribution in [2.45, 2.75) is 307 Å². The predicted molar refractivity (Wildman–Crippen MR) is 266 cm³/mol. The van der Waals surface area contributed by atoms with Gasteiger partial charge in [0.2, 0.25) is 0 Å². The van der Waals surface area contributed by atoms with E-state index in [1.54, 1.807) is 0 Å². The van der Waals surface area contributed by atoms with Crippen LogP contribution in [-0.2, 0) is 28.5 Å². The van der Waals surface area contributed by atoms with E-state index >= 15 is 0 Å².